The minimum atomic E-state index is 0.500. The summed E-state index contributed by atoms with van der Waals surface area (Å²) >= 11 is 0. The number of benzene rings is 1. The summed E-state index contributed by atoms with van der Waals surface area (Å²) in [5, 5.41) is 0. The smallest absolute Gasteiger partial charge is 0.122 e. The lowest BCUT2D eigenvalue weighted by atomic mass is 10.0. The molecule has 1 aliphatic carbocycles. The Kier molecular flexibility index (Phi) is 5.18. The molecule has 3 rings (SSSR count). The maximum atomic E-state index is 5.99. The van der Waals surface area contributed by atoms with Crippen LogP contribution in [0.15, 0.2) is 18.2 Å². The van der Waals surface area contributed by atoms with Gasteiger partial charge in [0, 0.05) is 0 Å². The van der Waals surface area contributed by atoms with E-state index in [0.717, 1.165) is 12.2 Å². The molecule has 2 nitrogen and oxygen atoms in total. The van der Waals surface area contributed by atoms with Crippen molar-refractivity contribution < 1.29 is 4.74 Å². The predicted molar refractivity (Wildman–Crippen MR) is 88.1 cm³/mol. The number of rotatable bonds is 7. The molecule has 1 heterocycles. The van der Waals surface area contributed by atoms with Gasteiger partial charge in [-0.3, -0.25) is 0 Å². The minimum Gasteiger partial charge on any atom is -0.490 e. The molecule has 0 unspecified atom stereocenters. The second kappa shape index (κ2) is 7.31. The van der Waals surface area contributed by atoms with Gasteiger partial charge in [0.15, 0.2) is 0 Å². The van der Waals surface area contributed by atoms with Gasteiger partial charge >= 0.3 is 0 Å². The Morgan fingerprint density at radius 1 is 1.14 bits per heavy atom. The average Bonchev–Trinajstić information content (AvgIpc) is 3.34. The van der Waals surface area contributed by atoms with Gasteiger partial charge in [-0.25, -0.2) is 0 Å². The molecular weight excluding hydrogens is 258 g/mol. The molecule has 2 heteroatoms. The molecule has 1 aromatic rings. The lowest BCUT2D eigenvalue weighted by Gasteiger charge is -2.26. The van der Waals surface area contributed by atoms with Gasteiger partial charge in [0.05, 0.1) is 6.10 Å². The van der Waals surface area contributed by atoms with Crippen molar-refractivity contribution in [3.05, 3.63) is 29.3 Å². The van der Waals surface area contributed by atoms with Crippen LogP contribution >= 0.6 is 0 Å². The number of ether oxygens (including phenoxy) is 1. The van der Waals surface area contributed by atoms with Crippen molar-refractivity contribution in [2.75, 3.05) is 19.6 Å². The number of piperidine rings is 1. The van der Waals surface area contributed by atoms with E-state index in [-0.39, 0.29) is 0 Å². The maximum absolute atomic E-state index is 5.99. The minimum absolute atomic E-state index is 0.500. The number of hydrogen-bond acceptors (Lipinski definition) is 2. The van der Waals surface area contributed by atoms with E-state index in [2.05, 4.69) is 30.0 Å². The first-order valence-electron chi connectivity index (χ1n) is 8.86. The Hall–Kier alpha value is -1.02. The lowest BCUT2D eigenvalue weighted by Crippen LogP contribution is -2.30. The van der Waals surface area contributed by atoms with Gasteiger partial charge in [0.25, 0.3) is 0 Å². The van der Waals surface area contributed by atoms with Gasteiger partial charge in [0.2, 0.25) is 0 Å². The molecule has 0 amide bonds. The Morgan fingerprint density at radius 2 is 1.95 bits per heavy atom. The lowest BCUT2D eigenvalue weighted by molar-refractivity contribution is 0.226. The fourth-order valence-electron chi connectivity index (χ4n) is 3.23. The topological polar surface area (TPSA) is 12.5 Å². The zero-order valence-electron chi connectivity index (χ0n) is 13.4. The first kappa shape index (κ1) is 14.9. The molecule has 0 atom stereocenters. The predicted octanol–water partition coefficient (Wildman–Crippen LogP) is 4.21. The monoisotopic (exact) mass is 287 g/mol. The summed E-state index contributed by atoms with van der Waals surface area (Å²) in [4.78, 5) is 2.63. The number of aryl methyl sites for hydroxylation is 2. The van der Waals surface area contributed by atoms with E-state index >= 15 is 0 Å². The third-order valence-corrected chi connectivity index (χ3v) is 4.71. The van der Waals surface area contributed by atoms with Crippen LogP contribution in [0.1, 0.15) is 56.6 Å². The number of likely N-dealkylation sites (tertiary alicyclic amines) is 1. The van der Waals surface area contributed by atoms with Crippen LogP contribution in [0.25, 0.3) is 0 Å². The molecule has 1 aromatic carbocycles. The van der Waals surface area contributed by atoms with Crippen LogP contribution in [0.4, 0.5) is 0 Å². The summed E-state index contributed by atoms with van der Waals surface area (Å²) < 4.78 is 5.99. The van der Waals surface area contributed by atoms with Crippen LogP contribution in [-0.4, -0.2) is 30.6 Å². The van der Waals surface area contributed by atoms with Crippen molar-refractivity contribution >= 4 is 0 Å². The van der Waals surface area contributed by atoms with Gasteiger partial charge in [-0.05, 0) is 81.8 Å². The average molecular weight is 287 g/mol. The molecule has 116 valence electrons. The SMILES string of the molecule is CCc1cc(CCCN2CCCCC2)ccc1OC1CC1. The summed E-state index contributed by atoms with van der Waals surface area (Å²) in [6, 6.07) is 6.84. The first-order valence-corrected chi connectivity index (χ1v) is 8.86. The third kappa shape index (κ3) is 4.47. The van der Waals surface area contributed by atoms with E-state index in [9.17, 15) is 0 Å². The highest BCUT2D eigenvalue weighted by molar-refractivity contribution is 5.37. The van der Waals surface area contributed by atoms with Crippen LogP contribution in [0.5, 0.6) is 5.75 Å². The van der Waals surface area contributed by atoms with Crippen molar-refractivity contribution in [2.45, 2.75) is 64.4 Å². The number of hydrogen-bond donors (Lipinski definition) is 0. The molecule has 21 heavy (non-hydrogen) atoms. The standard InChI is InChI=1S/C19H29NO/c1-2-17-15-16(8-11-19(17)21-18-9-10-18)7-6-14-20-12-4-3-5-13-20/h8,11,15,18H,2-7,9-10,12-14H2,1H3. The molecule has 0 N–H and O–H groups in total. The zero-order valence-corrected chi connectivity index (χ0v) is 13.4. The molecule has 0 radical (unpaired) electrons. The van der Waals surface area contributed by atoms with Crippen molar-refractivity contribution in [1.82, 2.24) is 4.90 Å². The van der Waals surface area contributed by atoms with Gasteiger partial charge < -0.3 is 9.64 Å². The molecule has 0 aromatic heterocycles. The van der Waals surface area contributed by atoms with Gasteiger partial charge in [-0.15, -0.1) is 0 Å². The normalized spacial score (nSPS) is 19.7. The Labute approximate surface area is 129 Å². The summed E-state index contributed by atoms with van der Waals surface area (Å²) in [7, 11) is 0. The van der Waals surface area contributed by atoms with Crippen molar-refractivity contribution in [3.63, 3.8) is 0 Å². The molecule has 0 spiro atoms. The van der Waals surface area contributed by atoms with Crippen LogP contribution in [0.3, 0.4) is 0 Å². The fraction of sp³-hybridized carbons (Fsp3) is 0.684. The van der Waals surface area contributed by atoms with E-state index < -0.39 is 0 Å². The highest BCUT2D eigenvalue weighted by Crippen LogP contribution is 2.30. The molecule has 0 bridgehead atoms. The van der Waals surface area contributed by atoms with Gasteiger partial charge in [-0.1, -0.05) is 25.5 Å². The highest BCUT2D eigenvalue weighted by atomic mass is 16.5. The quantitative estimate of drug-likeness (QED) is 0.745. The van der Waals surface area contributed by atoms with Crippen LogP contribution in [-0.2, 0) is 12.8 Å². The summed E-state index contributed by atoms with van der Waals surface area (Å²) in [6.45, 7) is 6.12. The highest BCUT2D eigenvalue weighted by Gasteiger charge is 2.24. The summed E-state index contributed by atoms with van der Waals surface area (Å²) in [5.74, 6) is 1.12. The summed E-state index contributed by atoms with van der Waals surface area (Å²) in [6.07, 6.45) is 10.8. The zero-order chi connectivity index (χ0) is 14.5. The van der Waals surface area contributed by atoms with E-state index in [0.29, 0.717) is 6.10 Å². The molecular formula is C19H29NO. The first-order chi connectivity index (χ1) is 10.3. The second-order valence-corrected chi connectivity index (χ2v) is 6.62. The van der Waals surface area contributed by atoms with Crippen LogP contribution < -0.4 is 4.74 Å². The largest absolute Gasteiger partial charge is 0.490 e. The van der Waals surface area contributed by atoms with Crippen molar-refractivity contribution in [1.29, 1.82) is 0 Å². The second-order valence-electron chi connectivity index (χ2n) is 6.62. The van der Waals surface area contributed by atoms with Crippen LogP contribution in [0, 0.1) is 0 Å². The van der Waals surface area contributed by atoms with Crippen molar-refractivity contribution in [3.8, 4) is 5.75 Å². The van der Waals surface area contributed by atoms with E-state index in [1.807, 2.05) is 0 Å². The van der Waals surface area contributed by atoms with Gasteiger partial charge in [-0.2, -0.15) is 0 Å². The van der Waals surface area contributed by atoms with E-state index in [1.54, 1.807) is 0 Å². The van der Waals surface area contributed by atoms with Crippen molar-refractivity contribution in [2.24, 2.45) is 0 Å². The van der Waals surface area contributed by atoms with E-state index in [1.165, 1.54) is 75.7 Å². The molecule has 1 saturated heterocycles. The molecule has 2 aliphatic rings. The number of nitrogens with zero attached hydrogens (tertiary/aromatic N) is 1. The summed E-state index contributed by atoms with van der Waals surface area (Å²) in [5.41, 5.74) is 2.87. The molecule has 1 saturated carbocycles. The van der Waals surface area contributed by atoms with Crippen LogP contribution in [0.2, 0.25) is 0 Å². The van der Waals surface area contributed by atoms with E-state index in [4.69, 9.17) is 4.74 Å². The van der Waals surface area contributed by atoms with Gasteiger partial charge in [0.1, 0.15) is 5.75 Å². The Morgan fingerprint density at radius 3 is 2.67 bits per heavy atom. The third-order valence-electron chi connectivity index (χ3n) is 4.71. The Bertz CT molecular complexity index is 447. The Balaban J connectivity index is 1.50. The maximum Gasteiger partial charge on any atom is 0.122 e. The molecule has 1 aliphatic heterocycles. The fourth-order valence-corrected chi connectivity index (χ4v) is 3.23. The molecule has 2 fully saturated rings.